The molecule has 0 spiro atoms. The summed E-state index contributed by atoms with van der Waals surface area (Å²) in [6.45, 7) is 13.5. The van der Waals surface area contributed by atoms with E-state index < -0.39 is 12.1 Å². The molecule has 11 heteroatoms. The molecule has 1 rings (SSSR count). The Hall–Kier alpha value is -2.09. The maximum Gasteiger partial charge on any atom is 0.330 e. The molecule has 1 aromatic carbocycles. The third kappa shape index (κ3) is 28.2. The number of unbranched alkanes of at least 4 members (excludes halogenated alkanes) is 6. The Morgan fingerprint density at radius 3 is 1.50 bits per heavy atom. The minimum atomic E-state index is -0.778. The van der Waals surface area contributed by atoms with Gasteiger partial charge in [0.05, 0.1) is 92.0 Å². The second kappa shape index (κ2) is 32.8. The fourth-order valence-corrected chi connectivity index (χ4v) is 4.09. The zero-order valence-corrected chi connectivity index (χ0v) is 28.2. The number of esters is 1. The molecule has 0 saturated heterocycles. The van der Waals surface area contributed by atoms with E-state index in [1.807, 2.05) is 24.3 Å². The van der Waals surface area contributed by atoms with Gasteiger partial charge < -0.3 is 47.7 Å². The van der Waals surface area contributed by atoms with Crippen molar-refractivity contribution >= 4 is 5.97 Å². The molecule has 0 aromatic heterocycles. The average Bonchev–Trinajstić information content (AvgIpc) is 3.07. The van der Waals surface area contributed by atoms with Crippen LogP contribution in [0.2, 0.25) is 0 Å². The van der Waals surface area contributed by atoms with E-state index in [0.717, 1.165) is 24.7 Å². The summed E-state index contributed by atoms with van der Waals surface area (Å²) < 4.78 is 49.1. The van der Waals surface area contributed by atoms with E-state index in [-0.39, 0.29) is 6.61 Å². The molecule has 1 aromatic rings. The highest BCUT2D eigenvalue weighted by Crippen LogP contribution is 2.14. The van der Waals surface area contributed by atoms with Gasteiger partial charge in [0.25, 0.3) is 0 Å². The first kappa shape index (κ1) is 41.9. The molecule has 0 aliphatic carbocycles. The number of carbonyl (C=O) groups excluding carboxylic acids is 1. The minimum Gasteiger partial charge on any atom is -0.491 e. The maximum absolute atomic E-state index is 11.1. The van der Waals surface area contributed by atoms with Crippen molar-refractivity contribution in [3.05, 3.63) is 42.5 Å². The largest absolute Gasteiger partial charge is 0.491 e. The molecule has 0 radical (unpaired) electrons. The van der Waals surface area contributed by atoms with Crippen molar-refractivity contribution in [1.82, 2.24) is 0 Å². The van der Waals surface area contributed by atoms with Crippen molar-refractivity contribution in [3.8, 4) is 5.75 Å². The summed E-state index contributed by atoms with van der Waals surface area (Å²) >= 11 is 0. The van der Waals surface area contributed by atoms with Gasteiger partial charge in [0, 0.05) is 19.1 Å². The summed E-state index contributed by atoms with van der Waals surface area (Å²) in [6, 6.07) is 7.37. The van der Waals surface area contributed by atoms with Gasteiger partial charge in [0.1, 0.15) is 19.0 Å². The lowest BCUT2D eigenvalue weighted by atomic mass is 10.1. The molecule has 11 nitrogen and oxygen atoms in total. The van der Waals surface area contributed by atoms with E-state index in [0.29, 0.717) is 105 Å². The van der Waals surface area contributed by atoms with Crippen LogP contribution in [-0.2, 0) is 49.1 Å². The van der Waals surface area contributed by atoms with Crippen molar-refractivity contribution in [2.24, 2.45) is 0 Å². The Morgan fingerprint density at radius 2 is 1.04 bits per heavy atom. The van der Waals surface area contributed by atoms with Crippen molar-refractivity contribution < 1.29 is 52.5 Å². The Balaban J connectivity index is 1.75. The van der Waals surface area contributed by atoms with Gasteiger partial charge in [-0.2, -0.15) is 0 Å². The lowest BCUT2D eigenvalue weighted by Crippen LogP contribution is -2.20. The molecule has 1 unspecified atom stereocenters. The van der Waals surface area contributed by atoms with Gasteiger partial charge in [-0.1, -0.05) is 64.2 Å². The third-order valence-corrected chi connectivity index (χ3v) is 6.60. The van der Waals surface area contributed by atoms with Crippen molar-refractivity contribution in [3.63, 3.8) is 0 Å². The van der Waals surface area contributed by atoms with E-state index in [2.05, 4.69) is 13.5 Å². The molecule has 266 valence electrons. The van der Waals surface area contributed by atoms with Gasteiger partial charge in [0.15, 0.2) is 0 Å². The normalized spacial score (nSPS) is 11.9. The third-order valence-electron chi connectivity index (χ3n) is 6.60. The maximum atomic E-state index is 11.1. The average molecular weight is 657 g/mol. The van der Waals surface area contributed by atoms with Crippen molar-refractivity contribution in [1.29, 1.82) is 0 Å². The highest BCUT2D eigenvalue weighted by atomic mass is 16.6. The quantitative estimate of drug-likeness (QED) is 0.0629. The fourth-order valence-electron chi connectivity index (χ4n) is 4.09. The molecule has 0 saturated carbocycles. The van der Waals surface area contributed by atoms with Gasteiger partial charge in [-0.25, -0.2) is 4.79 Å². The van der Waals surface area contributed by atoms with Crippen LogP contribution >= 0.6 is 0 Å². The molecular weight excluding hydrogens is 596 g/mol. The predicted octanol–water partition coefficient (Wildman–Crippen LogP) is 4.56. The number of benzene rings is 1. The molecule has 0 aliphatic heterocycles. The lowest BCUT2D eigenvalue weighted by molar-refractivity contribution is -0.140. The molecule has 0 fully saturated rings. The first-order valence-corrected chi connectivity index (χ1v) is 16.9. The van der Waals surface area contributed by atoms with Crippen LogP contribution in [0.1, 0.15) is 57.4 Å². The predicted molar refractivity (Wildman–Crippen MR) is 177 cm³/mol. The molecule has 0 amide bonds. The van der Waals surface area contributed by atoms with Crippen molar-refractivity contribution in [2.75, 3.05) is 106 Å². The molecule has 0 bridgehead atoms. The number of aliphatic hydroxyl groups excluding tert-OH is 1. The van der Waals surface area contributed by atoms with Crippen LogP contribution in [0.25, 0.3) is 0 Å². The second-order valence-electron chi connectivity index (χ2n) is 10.6. The summed E-state index contributed by atoms with van der Waals surface area (Å²) in [4.78, 5) is 11.1. The smallest absolute Gasteiger partial charge is 0.330 e. The number of hydrogen-bond acceptors (Lipinski definition) is 11. The van der Waals surface area contributed by atoms with Gasteiger partial charge in [0.2, 0.25) is 0 Å². The lowest BCUT2D eigenvalue weighted by Gasteiger charge is -2.11. The monoisotopic (exact) mass is 656 g/mol. The summed E-state index contributed by atoms with van der Waals surface area (Å²) in [5.41, 5.74) is 0.910. The zero-order chi connectivity index (χ0) is 33.2. The Morgan fingerprint density at radius 1 is 0.630 bits per heavy atom. The first-order chi connectivity index (χ1) is 22.7. The van der Waals surface area contributed by atoms with E-state index >= 15 is 0 Å². The molecule has 1 atom stereocenters. The first-order valence-electron chi connectivity index (χ1n) is 16.9. The molecule has 1 N–H and O–H groups in total. The highest BCUT2D eigenvalue weighted by Gasteiger charge is 2.08. The Kier molecular flexibility index (Phi) is 29.9. The fraction of sp³-hybridized carbons (Fsp3) is 0.743. The van der Waals surface area contributed by atoms with Crippen LogP contribution in [0, 0.1) is 0 Å². The number of carbonyl (C=O) groups is 1. The van der Waals surface area contributed by atoms with Gasteiger partial charge >= 0.3 is 5.97 Å². The number of aliphatic hydroxyl groups is 1. The molecule has 46 heavy (non-hydrogen) atoms. The highest BCUT2D eigenvalue weighted by molar-refractivity contribution is 5.81. The van der Waals surface area contributed by atoms with Crippen LogP contribution in [0.15, 0.2) is 36.9 Å². The summed E-state index contributed by atoms with van der Waals surface area (Å²) in [5, 5.41) is 9.95. The molecular formula is C35H60O11. The van der Waals surface area contributed by atoms with E-state index in [9.17, 15) is 9.90 Å². The van der Waals surface area contributed by atoms with Gasteiger partial charge in [-0.05, 0) is 24.1 Å². The van der Waals surface area contributed by atoms with E-state index in [1.54, 1.807) is 0 Å². The van der Waals surface area contributed by atoms with Crippen molar-refractivity contribution in [2.45, 2.75) is 64.4 Å². The Labute approximate surface area is 276 Å². The summed E-state index contributed by atoms with van der Waals surface area (Å²) in [7, 11) is 0. The van der Waals surface area contributed by atoms with E-state index in [4.69, 9.17) is 42.6 Å². The van der Waals surface area contributed by atoms with Gasteiger partial charge in [-0.15, -0.1) is 0 Å². The van der Waals surface area contributed by atoms with Crippen LogP contribution < -0.4 is 4.74 Å². The second-order valence-corrected chi connectivity index (χ2v) is 10.6. The van der Waals surface area contributed by atoms with E-state index in [1.165, 1.54) is 38.5 Å². The standard InChI is InChI=1S/C35H60O11/c1-3-5-6-7-8-9-10-15-38-16-17-39-18-19-40-20-21-41-22-23-42-24-25-43-26-27-44-28-29-45-34-13-11-32(12-14-34)30-33(36)31-46-35(37)4-2/h4,11-14,33,36H,2-3,5-10,15-31H2,1H3. The zero-order valence-electron chi connectivity index (χ0n) is 28.2. The minimum absolute atomic E-state index is 0.0728. The SMILES string of the molecule is C=CC(=O)OCC(O)Cc1ccc(OCCOCCOCCOCCOCCOCCOCCOCCCCCCCCC)cc1. The number of ether oxygens (including phenoxy) is 9. The van der Waals surface area contributed by atoms with Crippen LogP contribution in [-0.4, -0.2) is 123 Å². The number of rotatable bonds is 35. The topological polar surface area (TPSA) is 120 Å². The summed E-state index contributed by atoms with van der Waals surface area (Å²) in [5.74, 6) is 0.157. The molecule has 0 aliphatic rings. The van der Waals surface area contributed by atoms with Crippen LogP contribution in [0.5, 0.6) is 5.75 Å². The number of hydrogen-bond donors (Lipinski definition) is 1. The molecule has 0 heterocycles. The Bertz CT molecular complexity index is 806. The van der Waals surface area contributed by atoms with Crippen LogP contribution in [0.4, 0.5) is 0 Å². The van der Waals surface area contributed by atoms with Gasteiger partial charge in [-0.3, -0.25) is 0 Å². The summed E-state index contributed by atoms with van der Waals surface area (Å²) in [6.07, 6.45) is 9.72. The van der Waals surface area contributed by atoms with Crippen LogP contribution in [0.3, 0.4) is 0 Å².